The summed E-state index contributed by atoms with van der Waals surface area (Å²) in [5.74, 6) is 0.0510. The molecule has 1 saturated heterocycles. The molecule has 0 spiro atoms. The van der Waals surface area contributed by atoms with Gasteiger partial charge in [-0.15, -0.1) is 0 Å². The van der Waals surface area contributed by atoms with E-state index in [-0.39, 0.29) is 18.6 Å². The van der Waals surface area contributed by atoms with Crippen LogP contribution in [0.2, 0.25) is 0 Å². The predicted molar refractivity (Wildman–Crippen MR) is 58.9 cm³/mol. The number of rotatable bonds is 4. The van der Waals surface area contributed by atoms with Crippen molar-refractivity contribution in [2.45, 2.75) is 32.2 Å². The predicted octanol–water partition coefficient (Wildman–Crippen LogP) is 1.07. The van der Waals surface area contributed by atoms with E-state index >= 15 is 0 Å². The van der Waals surface area contributed by atoms with Crippen LogP contribution in [-0.2, 0) is 13.8 Å². The first kappa shape index (κ1) is 13.6. The zero-order chi connectivity index (χ0) is 11.6. The van der Waals surface area contributed by atoms with Gasteiger partial charge in [0.25, 0.3) is 0 Å². The quantitative estimate of drug-likeness (QED) is 0.740. The molecular weight excluding hydrogens is 243 g/mol. The molecule has 92 valence electrons. The topological polar surface area (TPSA) is 68.2 Å². The first-order valence-corrected chi connectivity index (χ1v) is 7.59. The molecule has 1 aliphatic heterocycles. The van der Waals surface area contributed by atoms with Gasteiger partial charge in [-0.3, -0.25) is 0 Å². The van der Waals surface area contributed by atoms with E-state index < -0.39 is 19.5 Å². The Kier molecular flexibility index (Phi) is 4.74. The van der Waals surface area contributed by atoms with Crippen LogP contribution < -0.4 is 0 Å². The van der Waals surface area contributed by atoms with Crippen molar-refractivity contribution in [1.82, 2.24) is 0 Å². The summed E-state index contributed by atoms with van der Waals surface area (Å²) in [6, 6.07) is 0. The van der Waals surface area contributed by atoms with E-state index in [1.54, 1.807) is 0 Å². The van der Waals surface area contributed by atoms with Gasteiger partial charge in [-0.1, -0.05) is 0 Å². The van der Waals surface area contributed by atoms with Crippen LogP contribution in [0.4, 0.5) is 0 Å². The van der Waals surface area contributed by atoms with Crippen LogP contribution in [0.1, 0.15) is 13.8 Å². The van der Waals surface area contributed by atoms with Crippen LogP contribution in [-0.4, -0.2) is 42.0 Å². The monoisotopic (exact) mass is 260 g/mol. The molecule has 0 aromatic carbocycles. The van der Waals surface area contributed by atoms with E-state index in [4.69, 9.17) is 25.6 Å². The molecule has 4 unspecified atom stereocenters. The molecule has 0 amide bonds. The standard InChI is InChI=1S/C8H18ClO5P/c1-5-6(2)13-7(4-10)8(5)14-15(9,11)12-3/h5-8,10-11,15H,4H2,1-3H3. The Morgan fingerprint density at radius 2 is 2.07 bits per heavy atom. The molecule has 7 heteroatoms. The Morgan fingerprint density at radius 1 is 1.47 bits per heavy atom. The van der Waals surface area contributed by atoms with Crippen LogP contribution in [0.5, 0.6) is 0 Å². The van der Waals surface area contributed by atoms with Crippen LogP contribution in [0.15, 0.2) is 0 Å². The van der Waals surface area contributed by atoms with E-state index in [0.717, 1.165) is 0 Å². The second-order valence-corrected chi connectivity index (χ2v) is 6.80. The third-order valence-electron chi connectivity index (χ3n) is 2.73. The summed E-state index contributed by atoms with van der Waals surface area (Å²) in [7, 11) is -2.30. The number of hydrogen-bond donors (Lipinski definition) is 2. The van der Waals surface area contributed by atoms with Crippen molar-refractivity contribution < 1.29 is 23.8 Å². The van der Waals surface area contributed by atoms with Crippen molar-refractivity contribution in [3.8, 4) is 0 Å². The van der Waals surface area contributed by atoms with Gasteiger partial charge in [0.05, 0.1) is 0 Å². The van der Waals surface area contributed by atoms with Gasteiger partial charge in [-0.05, 0) is 0 Å². The molecular formula is C8H18ClO5P. The summed E-state index contributed by atoms with van der Waals surface area (Å²) >= 11 is 5.65. The van der Waals surface area contributed by atoms with Gasteiger partial charge in [-0.25, -0.2) is 0 Å². The molecule has 0 saturated carbocycles. The number of aliphatic hydroxyl groups excluding tert-OH is 1. The second kappa shape index (κ2) is 5.23. The Hall–Kier alpha value is 0.520. The van der Waals surface area contributed by atoms with Crippen LogP contribution in [0.25, 0.3) is 0 Å². The van der Waals surface area contributed by atoms with E-state index in [0.29, 0.717) is 0 Å². The molecule has 2 N–H and O–H groups in total. The SMILES string of the molecule is CO[PH](O)(Cl)OC1C(CO)OC(C)C1C. The average Bonchev–Trinajstić information content (AvgIpc) is 2.45. The summed E-state index contributed by atoms with van der Waals surface area (Å²) in [4.78, 5) is 9.52. The molecule has 4 atom stereocenters. The molecule has 15 heavy (non-hydrogen) atoms. The molecule has 0 radical (unpaired) electrons. The third-order valence-corrected chi connectivity index (χ3v) is 4.52. The Morgan fingerprint density at radius 3 is 2.53 bits per heavy atom. The van der Waals surface area contributed by atoms with Crippen molar-refractivity contribution in [2.75, 3.05) is 13.7 Å². The zero-order valence-corrected chi connectivity index (χ0v) is 10.8. The normalized spacial score (nSPS) is 38.3. The molecule has 5 nitrogen and oxygen atoms in total. The van der Waals surface area contributed by atoms with Gasteiger partial charge < -0.3 is 0 Å². The summed E-state index contributed by atoms with van der Waals surface area (Å²) in [6.07, 6.45) is -0.924. The fourth-order valence-corrected chi connectivity index (χ4v) is 2.74. The van der Waals surface area contributed by atoms with Crippen molar-refractivity contribution >= 4 is 18.5 Å². The first-order valence-electron chi connectivity index (χ1n) is 4.82. The summed E-state index contributed by atoms with van der Waals surface area (Å²) < 4.78 is 15.4. The van der Waals surface area contributed by atoms with Gasteiger partial charge in [0.1, 0.15) is 0 Å². The molecule has 0 aliphatic carbocycles. The molecule has 0 aromatic rings. The second-order valence-electron chi connectivity index (χ2n) is 3.71. The minimum atomic E-state index is -3.59. The molecule has 0 aromatic heterocycles. The van der Waals surface area contributed by atoms with E-state index in [1.807, 2.05) is 13.8 Å². The van der Waals surface area contributed by atoms with Crippen molar-refractivity contribution in [3.05, 3.63) is 0 Å². The summed E-state index contributed by atoms with van der Waals surface area (Å²) in [5, 5.41) is 9.09. The first-order chi connectivity index (χ1) is 6.91. The maximum atomic E-state index is 9.52. The zero-order valence-electron chi connectivity index (χ0n) is 9.01. The minimum absolute atomic E-state index is 0.0366. The molecule has 1 rings (SSSR count). The number of hydrogen-bond acceptors (Lipinski definition) is 5. The van der Waals surface area contributed by atoms with Gasteiger partial charge in [-0.2, -0.15) is 0 Å². The van der Waals surface area contributed by atoms with Crippen molar-refractivity contribution in [3.63, 3.8) is 0 Å². The fourth-order valence-electron chi connectivity index (χ4n) is 1.63. The van der Waals surface area contributed by atoms with Crippen molar-refractivity contribution in [1.29, 1.82) is 0 Å². The van der Waals surface area contributed by atoms with Gasteiger partial charge in [0, 0.05) is 0 Å². The maximum absolute atomic E-state index is 9.52. The number of ether oxygens (including phenoxy) is 1. The van der Waals surface area contributed by atoms with Crippen LogP contribution >= 0.6 is 18.5 Å². The van der Waals surface area contributed by atoms with E-state index in [9.17, 15) is 4.89 Å². The average molecular weight is 261 g/mol. The van der Waals surface area contributed by atoms with Gasteiger partial charge in [0.15, 0.2) is 0 Å². The molecule has 1 heterocycles. The summed E-state index contributed by atoms with van der Waals surface area (Å²) in [6.45, 7) is 3.64. The van der Waals surface area contributed by atoms with Crippen LogP contribution in [0.3, 0.4) is 0 Å². The number of halogens is 1. The number of aliphatic hydroxyl groups is 1. The van der Waals surface area contributed by atoms with Crippen molar-refractivity contribution in [2.24, 2.45) is 5.92 Å². The Bertz CT molecular complexity index is 215. The summed E-state index contributed by atoms with van der Waals surface area (Å²) in [5.41, 5.74) is 0. The third kappa shape index (κ3) is 3.24. The molecule has 1 aliphatic rings. The Balaban J connectivity index is 2.66. The fraction of sp³-hybridized carbons (Fsp3) is 1.00. The Labute approximate surface area is 94.7 Å². The molecule has 0 bridgehead atoms. The van der Waals surface area contributed by atoms with Crippen LogP contribution in [0, 0.1) is 5.92 Å². The van der Waals surface area contributed by atoms with E-state index in [1.165, 1.54) is 7.11 Å². The van der Waals surface area contributed by atoms with Gasteiger partial charge in [0.2, 0.25) is 0 Å². The molecule has 1 fully saturated rings. The van der Waals surface area contributed by atoms with E-state index in [2.05, 4.69) is 4.52 Å². The van der Waals surface area contributed by atoms with Gasteiger partial charge >= 0.3 is 94.1 Å².